The molecule has 0 spiro atoms. The van der Waals surface area contributed by atoms with Crippen molar-refractivity contribution in [3.05, 3.63) is 70.8 Å². The Kier molecular flexibility index (Phi) is 3.72. The summed E-state index contributed by atoms with van der Waals surface area (Å²) in [5, 5.41) is 10.1. The summed E-state index contributed by atoms with van der Waals surface area (Å²) >= 11 is 0. The van der Waals surface area contributed by atoms with Crippen molar-refractivity contribution in [2.45, 2.75) is 19.4 Å². The zero-order chi connectivity index (χ0) is 13.1. The van der Waals surface area contributed by atoms with Crippen molar-refractivity contribution in [3.63, 3.8) is 0 Å². The van der Waals surface area contributed by atoms with Crippen molar-refractivity contribution in [1.29, 1.82) is 0 Å². The first kappa shape index (κ1) is 12.7. The van der Waals surface area contributed by atoms with E-state index >= 15 is 0 Å². The second-order valence-corrected chi connectivity index (χ2v) is 4.20. The number of hydrogen-bond donors (Lipinski definition) is 1. The van der Waals surface area contributed by atoms with Crippen molar-refractivity contribution in [2.24, 2.45) is 0 Å². The molecule has 0 aliphatic heterocycles. The van der Waals surface area contributed by atoms with Gasteiger partial charge in [-0.25, -0.2) is 8.78 Å². The summed E-state index contributed by atoms with van der Waals surface area (Å²) in [7, 11) is 0. The lowest BCUT2D eigenvalue weighted by molar-refractivity contribution is 0.219. The summed E-state index contributed by atoms with van der Waals surface area (Å²) < 4.78 is 26.1. The highest BCUT2D eigenvalue weighted by molar-refractivity contribution is 5.32. The van der Waals surface area contributed by atoms with Crippen LogP contribution in [0.4, 0.5) is 8.78 Å². The summed E-state index contributed by atoms with van der Waals surface area (Å²) in [4.78, 5) is 0. The van der Waals surface area contributed by atoms with Gasteiger partial charge in [-0.05, 0) is 35.2 Å². The number of aryl methyl sites for hydroxylation is 1. The maximum absolute atomic E-state index is 13.1. The van der Waals surface area contributed by atoms with Gasteiger partial charge in [0.05, 0.1) is 0 Å². The van der Waals surface area contributed by atoms with Gasteiger partial charge in [-0.1, -0.05) is 31.2 Å². The molecule has 0 aliphatic rings. The Labute approximate surface area is 105 Å². The molecular formula is C15H14F2O. The molecule has 0 saturated heterocycles. The number of aliphatic hydroxyl groups is 1. The summed E-state index contributed by atoms with van der Waals surface area (Å²) in [5.74, 6) is -1.37. The number of benzene rings is 2. The molecule has 2 aromatic rings. The molecule has 94 valence electrons. The summed E-state index contributed by atoms with van der Waals surface area (Å²) in [6, 6.07) is 10.4. The molecule has 1 nitrogen and oxygen atoms in total. The Bertz CT molecular complexity index is 514. The number of hydrogen-bond acceptors (Lipinski definition) is 1. The third kappa shape index (κ3) is 2.74. The molecule has 0 aromatic heterocycles. The van der Waals surface area contributed by atoms with Crippen LogP contribution in [0.25, 0.3) is 0 Å². The predicted octanol–water partition coefficient (Wildman–Crippen LogP) is 3.61. The minimum Gasteiger partial charge on any atom is -0.384 e. The number of rotatable bonds is 3. The lowest BCUT2D eigenvalue weighted by Gasteiger charge is -2.12. The van der Waals surface area contributed by atoms with Crippen molar-refractivity contribution in [1.82, 2.24) is 0 Å². The highest BCUT2D eigenvalue weighted by Crippen LogP contribution is 2.23. The van der Waals surface area contributed by atoms with Gasteiger partial charge in [0.2, 0.25) is 0 Å². The van der Waals surface area contributed by atoms with Crippen LogP contribution < -0.4 is 0 Å². The molecule has 2 rings (SSSR count). The molecular weight excluding hydrogens is 234 g/mol. The van der Waals surface area contributed by atoms with Crippen LogP contribution in [0.5, 0.6) is 0 Å². The smallest absolute Gasteiger partial charge is 0.126 e. The molecule has 3 heteroatoms. The van der Waals surface area contributed by atoms with Crippen LogP contribution in [0.2, 0.25) is 0 Å². The average molecular weight is 248 g/mol. The van der Waals surface area contributed by atoms with Gasteiger partial charge in [-0.2, -0.15) is 0 Å². The molecule has 18 heavy (non-hydrogen) atoms. The molecule has 0 radical (unpaired) electrons. The molecule has 0 aliphatic carbocycles. The summed E-state index contributed by atoms with van der Waals surface area (Å²) in [6.45, 7) is 2.04. The lowest BCUT2D eigenvalue weighted by Crippen LogP contribution is -2.01. The Morgan fingerprint density at radius 2 is 1.50 bits per heavy atom. The molecule has 0 amide bonds. The van der Waals surface area contributed by atoms with Gasteiger partial charge in [0.25, 0.3) is 0 Å². The van der Waals surface area contributed by atoms with Crippen LogP contribution in [0, 0.1) is 11.6 Å². The second kappa shape index (κ2) is 5.27. The van der Waals surface area contributed by atoms with Crippen LogP contribution in [0.1, 0.15) is 29.7 Å². The molecule has 2 aromatic carbocycles. The SMILES string of the molecule is CCc1ccc(C(O)c2cc(F)cc(F)c2)cc1. The third-order valence-electron chi connectivity index (χ3n) is 2.90. The van der Waals surface area contributed by atoms with Crippen LogP contribution in [-0.4, -0.2) is 5.11 Å². The van der Waals surface area contributed by atoms with E-state index in [1.54, 1.807) is 12.1 Å². The Morgan fingerprint density at radius 1 is 0.944 bits per heavy atom. The topological polar surface area (TPSA) is 20.2 Å². The van der Waals surface area contributed by atoms with Crippen LogP contribution >= 0.6 is 0 Å². The lowest BCUT2D eigenvalue weighted by atomic mass is 10.00. The second-order valence-electron chi connectivity index (χ2n) is 4.20. The van der Waals surface area contributed by atoms with Crippen LogP contribution in [0.3, 0.4) is 0 Å². The van der Waals surface area contributed by atoms with Crippen molar-refractivity contribution in [2.75, 3.05) is 0 Å². The first-order valence-corrected chi connectivity index (χ1v) is 5.83. The zero-order valence-corrected chi connectivity index (χ0v) is 10.0. The molecule has 1 N–H and O–H groups in total. The number of aliphatic hydroxyl groups excluding tert-OH is 1. The van der Waals surface area contributed by atoms with E-state index in [0.29, 0.717) is 5.56 Å². The maximum atomic E-state index is 13.1. The van der Waals surface area contributed by atoms with E-state index in [4.69, 9.17) is 0 Å². The first-order valence-electron chi connectivity index (χ1n) is 5.83. The quantitative estimate of drug-likeness (QED) is 0.879. The fourth-order valence-corrected chi connectivity index (χ4v) is 1.86. The van der Waals surface area contributed by atoms with Crippen molar-refractivity contribution < 1.29 is 13.9 Å². The first-order chi connectivity index (χ1) is 8.60. The molecule has 0 bridgehead atoms. The molecule has 1 unspecified atom stereocenters. The predicted molar refractivity (Wildman–Crippen MR) is 66.2 cm³/mol. The van der Waals surface area contributed by atoms with Gasteiger partial charge in [0.1, 0.15) is 17.7 Å². The highest BCUT2D eigenvalue weighted by Gasteiger charge is 2.12. The number of halogens is 2. The average Bonchev–Trinajstić information content (AvgIpc) is 2.37. The Hall–Kier alpha value is -1.74. The van der Waals surface area contributed by atoms with E-state index in [-0.39, 0.29) is 5.56 Å². The zero-order valence-electron chi connectivity index (χ0n) is 10.0. The minimum absolute atomic E-state index is 0.219. The third-order valence-corrected chi connectivity index (χ3v) is 2.90. The van der Waals surface area contributed by atoms with Gasteiger partial charge in [-0.15, -0.1) is 0 Å². The summed E-state index contributed by atoms with van der Waals surface area (Å²) in [6.07, 6.45) is -0.105. The standard InChI is InChI=1S/C15H14F2O/c1-2-10-3-5-11(6-4-10)15(18)12-7-13(16)9-14(17)8-12/h3-9,15,18H,2H2,1H3. The van der Waals surface area contributed by atoms with E-state index in [9.17, 15) is 13.9 Å². The highest BCUT2D eigenvalue weighted by atomic mass is 19.1. The fraction of sp³-hybridized carbons (Fsp3) is 0.200. The maximum Gasteiger partial charge on any atom is 0.126 e. The van der Waals surface area contributed by atoms with Gasteiger partial charge in [-0.3, -0.25) is 0 Å². The van der Waals surface area contributed by atoms with Crippen molar-refractivity contribution >= 4 is 0 Å². The fourth-order valence-electron chi connectivity index (χ4n) is 1.86. The Balaban J connectivity index is 2.31. The van der Waals surface area contributed by atoms with Crippen LogP contribution in [-0.2, 0) is 6.42 Å². The van der Waals surface area contributed by atoms with Gasteiger partial charge in [0, 0.05) is 6.07 Å². The molecule has 0 heterocycles. The van der Waals surface area contributed by atoms with E-state index < -0.39 is 17.7 Å². The molecule has 0 saturated carbocycles. The molecule has 1 atom stereocenters. The normalized spacial score (nSPS) is 12.4. The monoisotopic (exact) mass is 248 g/mol. The van der Waals surface area contributed by atoms with Gasteiger partial charge in [0.15, 0.2) is 0 Å². The Morgan fingerprint density at radius 3 is 2.00 bits per heavy atom. The summed E-state index contributed by atoms with van der Waals surface area (Å²) in [5.41, 5.74) is 1.99. The largest absolute Gasteiger partial charge is 0.384 e. The van der Waals surface area contributed by atoms with E-state index in [1.165, 1.54) is 0 Å². The van der Waals surface area contributed by atoms with E-state index in [0.717, 1.165) is 30.2 Å². The van der Waals surface area contributed by atoms with E-state index in [2.05, 4.69) is 0 Å². The molecule has 0 fully saturated rings. The minimum atomic E-state index is -1.01. The van der Waals surface area contributed by atoms with E-state index in [1.807, 2.05) is 19.1 Å². The van der Waals surface area contributed by atoms with Gasteiger partial charge >= 0.3 is 0 Å². The van der Waals surface area contributed by atoms with Gasteiger partial charge < -0.3 is 5.11 Å². The van der Waals surface area contributed by atoms with Crippen molar-refractivity contribution in [3.8, 4) is 0 Å². The van der Waals surface area contributed by atoms with Crippen LogP contribution in [0.15, 0.2) is 42.5 Å².